The van der Waals surface area contributed by atoms with Crippen LogP contribution in [0.5, 0.6) is 0 Å². The lowest BCUT2D eigenvalue weighted by molar-refractivity contribution is 0.0174. The number of hydrogen-bond acceptors (Lipinski definition) is 3. The standard InChI is InChI=1S/C16H25NO3/c1-11-6-13-14(7-16(2,3)8-15(13)18)17(11)9-12(20-5)10-19-4/h6,12H,7-10H2,1-5H3. The van der Waals surface area contributed by atoms with Crippen molar-refractivity contribution in [1.29, 1.82) is 0 Å². The summed E-state index contributed by atoms with van der Waals surface area (Å²) in [6.07, 6.45) is 1.58. The third-order valence-electron chi connectivity index (χ3n) is 4.07. The van der Waals surface area contributed by atoms with Gasteiger partial charge in [-0.1, -0.05) is 13.8 Å². The van der Waals surface area contributed by atoms with E-state index in [9.17, 15) is 4.79 Å². The molecule has 0 radical (unpaired) electrons. The van der Waals surface area contributed by atoms with Crippen molar-refractivity contribution in [1.82, 2.24) is 4.57 Å². The van der Waals surface area contributed by atoms with Gasteiger partial charge in [0.15, 0.2) is 5.78 Å². The minimum atomic E-state index is 0.00957. The number of Topliss-reactive ketones (excluding diaryl/α,β-unsaturated/α-hetero) is 1. The van der Waals surface area contributed by atoms with Crippen LogP contribution in [0.25, 0.3) is 0 Å². The van der Waals surface area contributed by atoms with Gasteiger partial charge in [-0.05, 0) is 24.8 Å². The lowest BCUT2D eigenvalue weighted by Crippen LogP contribution is -2.30. The van der Waals surface area contributed by atoms with Crippen molar-refractivity contribution in [3.05, 3.63) is 23.0 Å². The summed E-state index contributed by atoms with van der Waals surface area (Å²) in [4.78, 5) is 12.3. The second kappa shape index (κ2) is 5.70. The molecular weight excluding hydrogens is 254 g/mol. The van der Waals surface area contributed by atoms with E-state index in [2.05, 4.69) is 25.3 Å². The van der Waals surface area contributed by atoms with Crippen LogP contribution < -0.4 is 0 Å². The SMILES string of the molecule is COCC(Cn1c(C)cc2c1CC(C)(C)CC2=O)OC. The van der Waals surface area contributed by atoms with Crippen LogP contribution in [0.4, 0.5) is 0 Å². The van der Waals surface area contributed by atoms with Crippen LogP contribution in [-0.4, -0.2) is 37.3 Å². The molecule has 1 unspecified atom stereocenters. The van der Waals surface area contributed by atoms with Crippen LogP contribution in [0.3, 0.4) is 0 Å². The Kier molecular flexibility index (Phi) is 4.35. The van der Waals surface area contributed by atoms with Crippen molar-refractivity contribution in [2.24, 2.45) is 5.41 Å². The lowest BCUT2D eigenvalue weighted by atomic mass is 9.76. The van der Waals surface area contributed by atoms with Crippen LogP contribution in [0, 0.1) is 12.3 Å². The van der Waals surface area contributed by atoms with Crippen LogP contribution in [0.2, 0.25) is 0 Å². The molecule has 1 aromatic rings. The molecule has 0 N–H and O–H groups in total. The second-order valence-corrected chi connectivity index (χ2v) is 6.51. The Labute approximate surface area is 121 Å². The van der Waals surface area contributed by atoms with E-state index in [-0.39, 0.29) is 17.3 Å². The number of hydrogen-bond donors (Lipinski definition) is 0. The van der Waals surface area contributed by atoms with Crippen molar-refractivity contribution >= 4 is 5.78 Å². The summed E-state index contributed by atoms with van der Waals surface area (Å²) in [7, 11) is 3.38. The average Bonchev–Trinajstić information content (AvgIpc) is 2.65. The number of methoxy groups -OCH3 is 2. The fraction of sp³-hybridized carbons (Fsp3) is 0.688. The van der Waals surface area contributed by atoms with E-state index >= 15 is 0 Å². The third kappa shape index (κ3) is 2.96. The van der Waals surface area contributed by atoms with Gasteiger partial charge in [0.2, 0.25) is 0 Å². The maximum Gasteiger partial charge on any atom is 0.165 e. The molecule has 1 aromatic heterocycles. The van der Waals surface area contributed by atoms with Gasteiger partial charge in [-0.25, -0.2) is 0 Å². The fourth-order valence-electron chi connectivity index (χ4n) is 3.05. The normalized spacial score (nSPS) is 18.9. The van der Waals surface area contributed by atoms with Gasteiger partial charge in [0.05, 0.1) is 19.3 Å². The molecule has 4 nitrogen and oxygen atoms in total. The summed E-state index contributed by atoms with van der Waals surface area (Å²) < 4.78 is 12.9. The highest BCUT2D eigenvalue weighted by Crippen LogP contribution is 2.36. The Hall–Kier alpha value is -1.13. The average molecular weight is 279 g/mol. The van der Waals surface area contributed by atoms with Gasteiger partial charge in [0, 0.05) is 37.6 Å². The third-order valence-corrected chi connectivity index (χ3v) is 4.07. The zero-order valence-corrected chi connectivity index (χ0v) is 13.2. The molecule has 0 aromatic carbocycles. The largest absolute Gasteiger partial charge is 0.382 e. The van der Waals surface area contributed by atoms with Crippen LogP contribution in [-0.2, 0) is 22.4 Å². The maximum absolute atomic E-state index is 12.3. The molecule has 112 valence electrons. The molecule has 20 heavy (non-hydrogen) atoms. The monoisotopic (exact) mass is 279 g/mol. The molecule has 0 fully saturated rings. The minimum Gasteiger partial charge on any atom is -0.382 e. The number of nitrogens with zero attached hydrogens (tertiary/aromatic N) is 1. The number of fused-ring (bicyclic) bond motifs is 1. The topological polar surface area (TPSA) is 40.5 Å². The number of carbonyl (C=O) groups excluding carboxylic acids is 1. The summed E-state index contributed by atoms with van der Waals surface area (Å²) in [5.74, 6) is 0.263. The van der Waals surface area contributed by atoms with E-state index in [0.717, 1.165) is 29.9 Å². The predicted molar refractivity (Wildman–Crippen MR) is 78.3 cm³/mol. The lowest BCUT2D eigenvalue weighted by Gasteiger charge is -2.30. The number of aromatic nitrogens is 1. The van der Waals surface area contributed by atoms with Crippen LogP contribution >= 0.6 is 0 Å². The van der Waals surface area contributed by atoms with Crippen LogP contribution in [0.1, 0.15) is 42.0 Å². The first-order valence-corrected chi connectivity index (χ1v) is 7.12. The van der Waals surface area contributed by atoms with E-state index in [1.54, 1.807) is 14.2 Å². The molecule has 0 spiro atoms. The van der Waals surface area contributed by atoms with E-state index < -0.39 is 0 Å². The van der Waals surface area contributed by atoms with Crippen molar-refractivity contribution < 1.29 is 14.3 Å². The van der Waals surface area contributed by atoms with Gasteiger partial charge < -0.3 is 14.0 Å². The van der Waals surface area contributed by atoms with Gasteiger partial charge in [-0.3, -0.25) is 4.79 Å². The maximum atomic E-state index is 12.3. The summed E-state index contributed by atoms with van der Waals surface area (Å²) in [5.41, 5.74) is 3.21. The van der Waals surface area contributed by atoms with Crippen molar-refractivity contribution in [2.75, 3.05) is 20.8 Å². The molecule has 0 amide bonds. The first kappa shape index (κ1) is 15.3. The Morgan fingerprint density at radius 1 is 1.35 bits per heavy atom. The Morgan fingerprint density at radius 2 is 2.05 bits per heavy atom. The van der Waals surface area contributed by atoms with E-state index in [1.165, 1.54) is 0 Å². The summed E-state index contributed by atoms with van der Waals surface area (Å²) in [5, 5.41) is 0. The number of aryl methyl sites for hydroxylation is 1. The van der Waals surface area contributed by atoms with E-state index in [0.29, 0.717) is 13.0 Å². The number of rotatable bonds is 5. The van der Waals surface area contributed by atoms with E-state index in [4.69, 9.17) is 9.47 Å². The highest BCUT2D eigenvalue weighted by Gasteiger charge is 2.34. The second-order valence-electron chi connectivity index (χ2n) is 6.51. The molecule has 0 aliphatic heterocycles. The molecule has 1 aliphatic rings. The molecular formula is C16H25NO3. The Balaban J connectivity index is 2.33. The smallest absolute Gasteiger partial charge is 0.165 e. The van der Waals surface area contributed by atoms with Gasteiger partial charge in [0.25, 0.3) is 0 Å². The highest BCUT2D eigenvalue weighted by molar-refractivity contribution is 5.99. The predicted octanol–water partition coefficient (Wildman–Crippen LogP) is 2.61. The molecule has 0 bridgehead atoms. The summed E-state index contributed by atoms with van der Waals surface area (Å²) >= 11 is 0. The zero-order valence-electron chi connectivity index (χ0n) is 13.2. The van der Waals surface area contributed by atoms with Gasteiger partial charge >= 0.3 is 0 Å². The zero-order chi connectivity index (χ0) is 14.9. The first-order chi connectivity index (χ1) is 9.38. The Bertz CT molecular complexity index is 502. The number of carbonyl (C=O) groups is 1. The fourth-order valence-corrected chi connectivity index (χ4v) is 3.05. The van der Waals surface area contributed by atoms with E-state index in [1.807, 2.05) is 6.07 Å². The van der Waals surface area contributed by atoms with Crippen molar-refractivity contribution in [2.45, 2.75) is 46.3 Å². The molecule has 4 heteroatoms. The number of ether oxygens (including phenoxy) is 2. The van der Waals surface area contributed by atoms with Crippen LogP contribution in [0.15, 0.2) is 6.07 Å². The molecule has 0 saturated heterocycles. The summed E-state index contributed by atoms with van der Waals surface area (Å²) in [6, 6.07) is 2.02. The van der Waals surface area contributed by atoms with Gasteiger partial charge in [-0.15, -0.1) is 0 Å². The molecule has 2 rings (SSSR count). The molecule has 1 atom stereocenters. The number of ketones is 1. The summed E-state index contributed by atoms with van der Waals surface area (Å²) in [6.45, 7) is 7.65. The van der Waals surface area contributed by atoms with Gasteiger partial charge in [-0.2, -0.15) is 0 Å². The van der Waals surface area contributed by atoms with Crippen molar-refractivity contribution in [3.63, 3.8) is 0 Å². The molecule has 1 heterocycles. The minimum absolute atomic E-state index is 0.00957. The first-order valence-electron chi connectivity index (χ1n) is 7.12. The highest BCUT2D eigenvalue weighted by atomic mass is 16.5. The molecule has 1 aliphatic carbocycles. The Morgan fingerprint density at radius 3 is 2.65 bits per heavy atom. The quantitative estimate of drug-likeness (QED) is 0.832. The van der Waals surface area contributed by atoms with Gasteiger partial charge in [0.1, 0.15) is 0 Å². The van der Waals surface area contributed by atoms with Crippen molar-refractivity contribution in [3.8, 4) is 0 Å². The molecule has 0 saturated carbocycles.